The molecule has 1 aliphatic heterocycles. The van der Waals surface area contributed by atoms with Crippen molar-refractivity contribution in [3.05, 3.63) is 0 Å². The van der Waals surface area contributed by atoms with Crippen molar-refractivity contribution < 1.29 is 22.0 Å². The average molecular weight is 181 g/mol. The van der Waals surface area contributed by atoms with Crippen LogP contribution >= 0.6 is 0 Å². The predicted octanol–water partition coefficient (Wildman–Crippen LogP) is -0.156. The molecule has 7 heteroatoms. The Morgan fingerprint density at radius 2 is 2.18 bits per heavy atom. The van der Waals surface area contributed by atoms with E-state index in [-0.39, 0.29) is 5.71 Å². The van der Waals surface area contributed by atoms with Crippen LogP contribution in [0.15, 0.2) is 5.16 Å². The molecule has 0 aliphatic carbocycles. The number of hydrogen-bond acceptors (Lipinski definition) is 6. The molecule has 0 spiro atoms. The molecule has 1 fully saturated rings. The van der Waals surface area contributed by atoms with Gasteiger partial charge in [-0.2, -0.15) is 8.42 Å². The summed E-state index contributed by atoms with van der Waals surface area (Å²) in [6.07, 6.45) is -0.661. The number of rotatable bonds is 2. The lowest BCUT2D eigenvalue weighted by atomic mass is 10.3. The van der Waals surface area contributed by atoms with Gasteiger partial charge in [-0.05, 0) is 6.42 Å². The molecule has 0 saturated carbocycles. The van der Waals surface area contributed by atoms with Gasteiger partial charge in [-0.1, -0.05) is 12.1 Å². The third kappa shape index (κ3) is 1.67. The molecule has 0 unspecified atom stereocenters. The monoisotopic (exact) mass is 181 g/mol. The fourth-order valence-electron chi connectivity index (χ4n) is 0.617. The Hall–Kier alpha value is -0.660. The largest absolute Gasteiger partial charge is 0.411 e. The van der Waals surface area contributed by atoms with Gasteiger partial charge < -0.3 is 5.21 Å². The Balaban J connectivity index is 2.56. The summed E-state index contributed by atoms with van der Waals surface area (Å²) in [5, 5.41) is 11.1. The molecule has 1 aliphatic rings. The third-order valence-electron chi connectivity index (χ3n) is 1.17. The van der Waals surface area contributed by atoms with Crippen molar-refractivity contribution in [1.82, 2.24) is 0 Å². The van der Waals surface area contributed by atoms with Gasteiger partial charge in [0, 0.05) is 0 Å². The Labute approximate surface area is 63.7 Å². The van der Waals surface area contributed by atoms with Crippen LogP contribution in [0.2, 0.25) is 0 Å². The summed E-state index contributed by atoms with van der Waals surface area (Å²) in [7, 11) is -3.79. The van der Waals surface area contributed by atoms with Gasteiger partial charge in [0.05, 0.1) is 0 Å². The van der Waals surface area contributed by atoms with Crippen molar-refractivity contribution in [1.29, 1.82) is 0 Å². The maximum atomic E-state index is 10.3. The average Bonchev–Trinajstić information content (AvgIpc) is 1.86. The number of oxime groups is 1. The van der Waals surface area contributed by atoms with Crippen molar-refractivity contribution in [2.24, 2.45) is 5.16 Å². The SMILES string of the molecule is CC/C(=N\O)C1OS(=O)(=O)O1. The van der Waals surface area contributed by atoms with E-state index in [9.17, 15) is 8.42 Å². The van der Waals surface area contributed by atoms with Gasteiger partial charge in [-0.15, -0.1) is 0 Å². The highest BCUT2D eigenvalue weighted by Crippen LogP contribution is 2.20. The van der Waals surface area contributed by atoms with Crippen LogP contribution in [0.25, 0.3) is 0 Å². The minimum absolute atomic E-state index is 0.153. The highest BCUT2D eigenvalue weighted by molar-refractivity contribution is 7.82. The normalized spacial score (nSPS) is 24.6. The maximum absolute atomic E-state index is 10.3. The first kappa shape index (κ1) is 8.44. The molecule has 1 saturated heterocycles. The topological polar surface area (TPSA) is 85.2 Å². The van der Waals surface area contributed by atoms with Crippen molar-refractivity contribution >= 4 is 16.1 Å². The molecule has 1 N–H and O–H groups in total. The molecule has 0 amide bonds. The first-order chi connectivity index (χ1) is 5.09. The first-order valence-corrected chi connectivity index (χ1v) is 4.24. The lowest BCUT2D eigenvalue weighted by molar-refractivity contribution is -0.0304. The second-order valence-electron chi connectivity index (χ2n) is 1.88. The van der Waals surface area contributed by atoms with E-state index >= 15 is 0 Å². The smallest absolute Gasteiger partial charge is 0.405 e. The number of nitrogens with zero attached hydrogens (tertiary/aromatic N) is 1. The van der Waals surface area contributed by atoms with E-state index in [1.54, 1.807) is 6.92 Å². The lowest BCUT2D eigenvalue weighted by Gasteiger charge is -2.24. The highest BCUT2D eigenvalue weighted by atomic mass is 32.3. The summed E-state index contributed by atoms with van der Waals surface area (Å²) < 4.78 is 29.0. The first-order valence-electron chi connectivity index (χ1n) is 2.91. The molecule has 11 heavy (non-hydrogen) atoms. The predicted molar refractivity (Wildman–Crippen MR) is 34.4 cm³/mol. The van der Waals surface area contributed by atoms with E-state index < -0.39 is 16.7 Å². The quantitative estimate of drug-likeness (QED) is 0.363. The molecule has 1 rings (SSSR count). The summed E-state index contributed by atoms with van der Waals surface area (Å²) >= 11 is 0. The zero-order valence-corrected chi connectivity index (χ0v) is 6.54. The second-order valence-corrected chi connectivity index (χ2v) is 3.08. The number of hydrogen-bond donors (Lipinski definition) is 1. The van der Waals surface area contributed by atoms with Crippen molar-refractivity contribution in [3.8, 4) is 0 Å². The van der Waals surface area contributed by atoms with Crippen LogP contribution in [0.5, 0.6) is 0 Å². The van der Waals surface area contributed by atoms with Gasteiger partial charge in [0.15, 0.2) is 0 Å². The highest BCUT2D eigenvalue weighted by Gasteiger charge is 2.39. The molecule has 0 aromatic rings. The van der Waals surface area contributed by atoms with Crippen LogP contribution < -0.4 is 0 Å². The van der Waals surface area contributed by atoms with E-state index in [2.05, 4.69) is 13.5 Å². The zero-order chi connectivity index (χ0) is 8.48. The lowest BCUT2D eigenvalue weighted by Crippen LogP contribution is -2.42. The van der Waals surface area contributed by atoms with Gasteiger partial charge in [-0.3, -0.25) is 0 Å². The standard InChI is InChI=1S/C4H7NO5S/c1-2-3(5-6)4-9-11(7,8)10-4/h4,6H,2H2,1H3/b5-3+. The van der Waals surface area contributed by atoms with Gasteiger partial charge in [0.2, 0.25) is 6.29 Å². The summed E-state index contributed by atoms with van der Waals surface area (Å²) in [4.78, 5) is 0. The maximum Gasteiger partial charge on any atom is 0.405 e. The van der Waals surface area contributed by atoms with E-state index in [1.165, 1.54) is 0 Å². The van der Waals surface area contributed by atoms with Crippen LogP contribution in [0.4, 0.5) is 0 Å². The van der Waals surface area contributed by atoms with Gasteiger partial charge in [-0.25, -0.2) is 8.37 Å². The van der Waals surface area contributed by atoms with Crippen LogP contribution in [0.1, 0.15) is 13.3 Å². The zero-order valence-electron chi connectivity index (χ0n) is 5.72. The van der Waals surface area contributed by atoms with Crippen molar-refractivity contribution in [2.45, 2.75) is 19.6 Å². The molecule has 0 aromatic carbocycles. The summed E-state index contributed by atoms with van der Waals surface area (Å²) in [6.45, 7) is 1.69. The van der Waals surface area contributed by atoms with Crippen LogP contribution in [0.3, 0.4) is 0 Å². The minimum atomic E-state index is -3.79. The Morgan fingerprint density at radius 3 is 2.45 bits per heavy atom. The van der Waals surface area contributed by atoms with Crippen LogP contribution in [-0.4, -0.2) is 25.6 Å². The molecular formula is C4H7NO5S. The fraction of sp³-hybridized carbons (Fsp3) is 0.750. The van der Waals surface area contributed by atoms with E-state index in [4.69, 9.17) is 5.21 Å². The molecule has 64 valence electrons. The Bertz CT molecular complexity index is 256. The molecule has 0 radical (unpaired) electrons. The summed E-state index contributed by atoms with van der Waals surface area (Å²) in [5.41, 5.74) is 0.153. The molecule has 0 aromatic heterocycles. The summed E-state index contributed by atoms with van der Waals surface area (Å²) in [5.74, 6) is 0. The van der Waals surface area contributed by atoms with Crippen molar-refractivity contribution in [3.63, 3.8) is 0 Å². The van der Waals surface area contributed by atoms with Crippen LogP contribution in [0, 0.1) is 0 Å². The van der Waals surface area contributed by atoms with Gasteiger partial charge in [0.25, 0.3) is 0 Å². The molecule has 1 heterocycles. The van der Waals surface area contributed by atoms with E-state index in [1.807, 2.05) is 0 Å². The molecule has 0 bridgehead atoms. The van der Waals surface area contributed by atoms with E-state index in [0.29, 0.717) is 6.42 Å². The molecule has 0 atom stereocenters. The Kier molecular flexibility index (Phi) is 2.12. The minimum Gasteiger partial charge on any atom is -0.411 e. The molecular weight excluding hydrogens is 174 g/mol. The van der Waals surface area contributed by atoms with Gasteiger partial charge in [0.1, 0.15) is 5.71 Å². The Morgan fingerprint density at radius 1 is 1.64 bits per heavy atom. The van der Waals surface area contributed by atoms with Crippen LogP contribution in [-0.2, 0) is 18.8 Å². The fourth-order valence-corrected chi connectivity index (χ4v) is 1.28. The van der Waals surface area contributed by atoms with E-state index in [0.717, 1.165) is 0 Å². The second kappa shape index (κ2) is 2.76. The third-order valence-corrected chi connectivity index (χ3v) is 1.99. The molecule has 6 nitrogen and oxygen atoms in total. The van der Waals surface area contributed by atoms with Gasteiger partial charge >= 0.3 is 10.4 Å². The summed E-state index contributed by atoms with van der Waals surface area (Å²) in [6, 6.07) is 0. The van der Waals surface area contributed by atoms with Crippen molar-refractivity contribution in [2.75, 3.05) is 0 Å².